The number of rotatable bonds is 3. The predicted octanol–water partition coefficient (Wildman–Crippen LogP) is 3.02. The summed E-state index contributed by atoms with van der Waals surface area (Å²) in [6.07, 6.45) is 1.77. The number of nitrogens with zero attached hydrogens (tertiary/aromatic N) is 1. The third kappa shape index (κ3) is 2.47. The van der Waals surface area contributed by atoms with Crippen LogP contribution in [-0.4, -0.2) is 10.1 Å². The minimum absolute atomic E-state index is 0.142. The molecule has 0 aliphatic heterocycles. The summed E-state index contributed by atoms with van der Waals surface area (Å²) < 4.78 is 0. The van der Waals surface area contributed by atoms with Crippen molar-refractivity contribution >= 4 is 16.5 Å². The fraction of sp³-hybridized carbons (Fsp3) is 0.182. The van der Waals surface area contributed by atoms with Crippen molar-refractivity contribution in [3.05, 3.63) is 41.4 Å². The van der Waals surface area contributed by atoms with Crippen molar-refractivity contribution in [3.63, 3.8) is 0 Å². The number of aromatic nitrogens is 1. The van der Waals surface area contributed by atoms with Gasteiger partial charge in [0.1, 0.15) is 5.75 Å². The summed E-state index contributed by atoms with van der Waals surface area (Å²) >= 11 is 1.57. The summed E-state index contributed by atoms with van der Waals surface area (Å²) in [7, 11) is 0. The van der Waals surface area contributed by atoms with E-state index in [1.54, 1.807) is 29.7 Å². The van der Waals surface area contributed by atoms with Crippen LogP contribution in [0.3, 0.4) is 0 Å². The third-order valence-electron chi connectivity index (χ3n) is 2.14. The van der Waals surface area contributed by atoms with Gasteiger partial charge in [-0.15, -0.1) is 11.3 Å². The van der Waals surface area contributed by atoms with E-state index in [-0.39, 0.29) is 6.04 Å². The molecule has 3 nitrogen and oxygen atoms in total. The number of hydrogen-bond donors (Lipinski definition) is 2. The van der Waals surface area contributed by atoms with Crippen molar-refractivity contribution in [3.8, 4) is 5.75 Å². The van der Waals surface area contributed by atoms with Crippen LogP contribution in [0.4, 0.5) is 5.13 Å². The van der Waals surface area contributed by atoms with Gasteiger partial charge in [-0.05, 0) is 24.6 Å². The second-order valence-electron chi connectivity index (χ2n) is 3.30. The van der Waals surface area contributed by atoms with E-state index in [1.807, 2.05) is 24.4 Å². The van der Waals surface area contributed by atoms with E-state index in [1.165, 1.54) is 0 Å². The highest BCUT2D eigenvalue weighted by Gasteiger charge is 2.06. The molecule has 1 aromatic heterocycles. The van der Waals surface area contributed by atoms with Crippen LogP contribution in [0.15, 0.2) is 35.8 Å². The van der Waals surface area contributed by atoms with Crippen LogP contribution >= 0.6 is 11.3 Å². The van der Waals surface area contributed by atoms with Crippen molar-refractivity contribution in [2.45, 2.75) is 13.0 Å². The quantitative estimate of drug-likeness (QED) is 0.835. The molecule has 1 heterocycles. The summed E-state index contributed by atoms with van der Waals surface area (Å²) in [4.78, 5) is 4.15. The van der Waals surface area contributed by atoms with Crippen LogP contribution in [0, 0.1) is 0 Å². The molecule has 0 fully saturated rings. The largest absolute Gasteiger partial charge is 0.508 e. The summed E-state index contributed by atoms with van der Waals surface area (Å²) in [5, 5.41) is 15.4. The van der Waals surface area contributed by atoms with Crippen LogP contribution in [0.5, 0.6) is 5.75 Å². The van der Waals surface area contributed by atoms with Gasteiger partial charge in [-0.2, -0.15) is 0 Å². The lowest BCUT2D eigenvalue weighted by molar-refractivity contribution is 0.474. The van der Waals surface area contributed by atoms with Crippen LogP contribution in [0.1, 0.15) is 18.5 Å². The predicted molar refractivity (Wildman–Crippen MR) is 62.3 cm³/mol. The third-order valence-corrected chi connectivity index (χ3v) is 2.85. The van der Waals surface area contributed by atoms with Gasteiger partial charge < -0.3 is 10.4 Å². The van der Waals surface area contributed by atoms with Crippen molar-refractivity contribution in [1.29, 1.82) is 0 Å². The Balaban J connectivity index is 2.11. The lowest BCUT2D eigenvalue weighted by Crippen LogP contribution is -2.05. The second kappa shape index (κ2) is 4.31. The molecular formula is C11H12N2OS. The van der Waals surface area contributed by atoms with Gasteiger partial charge in [0.05, 0.1) is 6.04 Å². The molecule has 4 heteroatoms. The van der Waals surface area contributed by atoms with E-state index in [9.17, 15) is 5.11 Å². The van der Waals surface area contributed by atoms with Crippen molar-refractivity contribution in [1.82, 2.24) is 4.98 Å². The second-order valence-corrected chi connectivity index (χ2v) is 4.19. The summed E-state index contributed by atoms with van der Waals surface area (Å²) in [5.74, 6) is 0.292. The zero-order valence-corrected chi connectivity index (χ0v) is 9.16. The molecule has 0 radical (unpaired) electrons. The molecule has 1 aromatic carbocycles. The SMILES string of the molecule is CC(Nc1nccs1)c1cccc(O)c1. The van der Waals surface area contributed by atoms with Gasteiger partial charge in [0.25, 0.3) is 0 Å². The zero-order chi connectivity index (χ0) is 10.7. The van der Waals surface area contributed by atoms with Gasteiger partial charge in [-0.1, -0.05) is 12.1 Å². The number of phenols is 1. The Bertz CT molecular complexity index is 428. The molecule has 0 saturated carbocycles. The van der Waals surface area contributed by atoms with E-state index in [4.69, 9.17) is 0 Å². The first kappa shape index (κ1) is 9.98. The topological polar surface area (TPSA) is 45.2 Å². The molecule has 0 aliphatic carbocycles. The molecule has 15 heavy (non-hydrogen) atoms. The molecule has 0 saturated heterocycles. The van der Waals surface area contributed by atoms with E-state index in [0.717, 1.165) is 10.7 Å². The van der Waals surface area contributed by atoms with Crippen LogP contribution < -0.4 is 5.32 Å². The molecule has 0 aliphatic rings. The molecule has 2 N–H and O–H groups in total. The molecule has 0 spiro atoms. The molecule has 1 atom stereocenters. The van der Waals surface area contributed by atoms with Crippen LogP contribution in [-0.2, 0) is 0 Å². The minimum atomic E-state index is 0.142. The Morgan fingerprint density at radius 3 is 3.00 bits per heavy atom. The molecular weight excluding hydrogens is 208 g/mol. The number of thiazole rings is 1. The van der Waals surface area contributed by atoms with E-state index in [2.05, 4.69) is 10.3 Å². The molecule has 2 rings (SSSR count). The highest BCUT2D eigenvalue weighted by molar-refractivity contribution is 7.13. The monoisotopic (exact) mass is 220 g/mol. The first-order chi connectivity index (χ1) is 7.25. The minimum Gasteiger partial charge on any atom is -0.508 e. The zero-order valence-electron chi connectivity index (χ0n) is 8.34. The maximum atomic E-state index is 9.35. The normalized spacial score (nSPS) is 12.3. The smallest absolute Gasteiger partial charge is 0.183 e. The number of benzene rings is 1. The first-order valence-corrected chi connectivity index (χ1v) is 5.58. The lowest BCUT2D eigenvalue weighted by Gasteiger charge is -2.13. The standard InChI is InChI=1S/C11H12N2OS/c1-8(13-11-12-5-6-15-11)9-3-2-4-10(14)7-9/h2-8,14H,1H3,(H,12,13). The number of phenolic OH excluding ortho intramolecular Hbond substituents is 1. The van der Waals surface area contributed by atoms with Crippen molar-refractivity contribution < 1.29 is 5.11 Å². The highest BCUT2D eigenvalue weighted by atomic mass is 32.1. The average Bonchev–Trinajstić information content (AvgIpc) is 2.70. The summed E-state index contributed by atoms with van der Waals surface area (Å²) in [6, 6.07) is 7.38. The van der Waals surface area contributed by atoms with E-state index < -0.39 is 0 Å². The van der Waals surface area contributed by atoms with Gasteiger partial charge in [-0.25, -0.2) is 4.98 Å². The first-order valence-electron chi connectivity index (χ1n) is 4.70. The summed E-state index contributed by atoms with van der Waals surface area (Å²) in [6.45, 7) is 2.04. The van der Waals surface area contributed by atoms with E-state index >= 15 is 0 Å². The number of aromatic hydroxyl groups is 1. The molecule has 1 unspecified atom stereocenters. The van der Waals surface area contributed by atoms with Crippen LogP contribution in [0.25, 0.3) is 0 Å². The Kier molecular flexibility index (Phi) is 2.87. The number of hydrogen-bond acceptors (Lipinski definition) is 4. The number of anilines is 1. The lowest BCUT2D eigenvalue weighted by atomic mass is 10.1. The Morgan fingerprint density at radius 1 is 1.47 bits per heavy atom. The molecule has 78 valence electrons. The molecule has 0 bridgehead atoms. The number of nitrogens with one attached hydrogen (secondary N) is 1. The van der Waals surface area contributed by atoms with Crippen molar-refractivity contribution in [2.24, 2.45) is 0 Å². The highest BCUT2D eigenvalue weighted by Crippen LogP contribution is 2.22. The van der Waals surface area contributed by atoms with Gasteiger partial charge in [-0.3, -0.25) is 0 Å². The Labute approximate surface area is 92.4 Å². The van der Waals surface area contributed by atoms with Gasteiger partial charge in [0, 0.05) is 11.6 Å². The fourth-order valence-corrected chi connectivity index (χ4v) is 1.97. The van der Waals surface area contributed by atoms with Crippen LogP contribution in [0.2, 0.25) is 0 Å². The molecule has 2 aromatic rings. The molecule has 0 amide bonds. The Morgan fingerprint density at radius 2 is 2.33 bits per heavy atom. The maximum absolute atomic E-state index is 9.35. The maximum Gasteiger partial charge on any atom is 0.183 e. The van der Waals surface area contributed by atoms with Crippen molar-refractivity contribution in [2.75, 3.05) is 5.32 Å². The van der Waals surface area contributed by atoms with Gasteiger partial charge >= 0.3 is 0 Å². The van der Waals surface area contributed by atoms with Gasteiger partial charge in [0.2, 0.25) is 0 Å². The van der Waals surface area contributed by atoms with Gasteiger partial charge in [0.15, 0.2) is 5.13 Å². The van der Waals surface area contributed by atoms with E-state index in [0.29, 0.717) is 5.75 Å². The average molecular weight is 220 g/mol. The summed E-state index contributed by atoms with van der Waals surface area (Å²) in [5.41, 5.74) is 1.05. The fourth-order valence-electron chi connectivity index (χ4n) is 1.36. The Hall–Kier alpha value is -1.55.